The Labute approximate surface area is 156 Å². The van der Waals surface area contributed by atoms with Crippen LogP contribution in [0.15, 0.2) is 51.9 Å². The first-order valence-corrected chi connectivity index (χ1v) is 9.11. The molecule has 5 nitrogen and oxygen atoms in total. The number of fused-ring (bicyclic) bond motifs is 1. The highest BCUT2D eigenvalue weighted by Gasteiger charge is 2.13. The van der Waals surface area contributed by atoms with Crippen LogP contribution in [0.5, 0.6) is 0 Å². The fraction of sp³-hybridized carbons (Fsp3) is 0.167. The Morgan fingerprint density at radius 1 is 1.24 bits per heavy atom. The Bertz CT molecular complexity index is 1040. The van der Waals surface area contributed by atoms with Gasteiger partial charge in [-0.15, -0.1) is 0 Å². The lowest BCUT2D eigenvalue weighted by Crippen LogP contribution is -2.22. The molecule has 1 amide bonds. The number of esters is 1. The maximum atomic E-state index is 12.6. The third-order valence-electron chi connectivity index (χ3n) is 3.65. The summed E-state index contributed by atoms with van der Waals surface area (Å²) in [7, 11) is 1.34. The van der Waals surface area contributed by atoms with Gasteiger partial charge >= 0.3 is 5.97 Å². The maximum absolute atomic E-state index is 12.6. The second-order valence-corrected chi connectivity index (χ2v) is 7.28. The van der Waals surface area contributed by atoms with E-state index in [9.17, 15) is 9.59 Å². The van der Waals surface area contributed by atoms with Crippen molar-refractivity contribution in [3.8, 4) is 0 Å². The lowest BCUT2D eigenvalue weighted by Gasteiger charge is -2.04. The molecular formula is C18H15BrN2O3S. The molecule has 0 aliphatic heterocycles. The predicted octanol–water partition coefficient (Wildman–Crippen LogP) is 3.69. The molecule has 25 heavy (non-hydrogen) atoms. The van der Waals surface area contributed by atoms with Gasteiger partial charge in [0.15, 0.2) is 4.80 Å². The first kappa shape index (κ1) is 17.6. The number of methoxy groups -OCH3 is 1. The van der Waals surface area contributed by atoms with Gasteiger partial charge in [0.25, 0.3) is 5.91 Å². The van der Waals surface area contributed by atoms with Crippen molar-refractivity contribution >= 4 is 49.4 Å². The van der Waals surface area contributed by atoms with Gasteiger partial charge in [0.1, 0.15) is 6.54 Å². The van der Waals surface area contributed by atoms with Gasteiger partial charge in [-0.1, -0.05) is 29.5 Å². The molecule has 0 saturated carbocycles. The first-order valence-electron chi connectivity index (χ1n) is 7.50. The van der Waals surface area contributed by atoms with Crippen LogP contribution in [0.4, 0.5) is 0 Å². The van der Waals surface area contributed by atoms with Crippen molar-refractivity contribution in [2.75, 3.05) is 7.11 Å². The fourth-order valence-electron chi connectivity index (χ4n) is 2.39. The van der Waals surface area contributed by atoms with Crippen LogP contribution in [0.25, 0.3) is 10.2 Å². The SMILES string of the molecule is COC(=O)Cn1c(=NC(=O)c2ccccc2Br)sc2cc(C)ccc21. The molecule has 0 N–H and O–H groups in total. The highest BCUT2D eigenvalue weighted by Crippen LogP contribution is 2.20. The van der Waals surface area contributed by atoms with Gasteiger partial charge in [0.2, 0.25) is 0 Å². The standard InChI is InChI=1S/C18H15BrN2O3S/c1-11-7-8-14-15(9-11)25-18(21(14)10-16(22)24-2)20-17(23)12-5-3-4-6-13(12)19/h3-9H,10H2,1-2H3. The van der Waals surface area contributed by atoms with E-state index in [1.165, 1.54) is 18.4 Å². The number of carbonyl (C=O) groups is 2. The Balaban J connectivity index is 2.17. The lowest BCUT2D eigenvalue weighted by atomic mass is 10.2. The average molecular weight is 419 g/mol. The van der Waals surface area contributed by atoms with E-state index in [0.29, 0.717) is 14.8 Å². The molecule has 0 unspecified atom stereocenters. The quantitative estimate of drug-likeness (QED) is 0.609. The number of carbonyl (C=O) groups excluding carboxylic acids is 2. The van der Waals surface area contributed by atoms with Crippen molar-refractivity contribution in [3.05, 3.63) is 62.9 Å². The third-order valence-corrected chi connectivity index (χ3v) is 5.39. The Kier molecular flexibility index (Phi) is 5.15. The van der Waals surface area contributed by atoms with Gasteiger partial charge in [-0.05, 0) is 52.7 Å². The van der Waals surface area contributed by atoms with E-state index in [-0.39, 0.29) is 12.5 Å². The molecule has 2 aromatic carbocycles. The summed E-state index contributed by atoms with van der Waals surface area (Å²) in [5.41, 5.74) is 2.42. The van der Waals surface area contributed by atoms with Gasteiger partial charge in [0.05, 0.1) is 22.9 Å². The summed E-state index contributed by atoms with van der Waals surface area (Å²) in [6.45, 7) is 1.99. The van der Waals surface area contributed by atoms with Gasteiger partial charge in [-0.2, -0.15) is 4.99 Å². The molecule has 1 aromatic heterocycles. The number of rotatable bonds is 3. The highest BCUT2D eigenvalue weighted by atomic mass is 79.9. The van der Waals surface area contributed by atoms with Crippen LogP contribution in [0.3, 0.4) is 0 Å². The normalized spacial score (nSPS) is 11.7. The molecule has 0 aliphatic rings. The predicted molar refractivity (Wildman–Crippen MR) is 101 cm³/mol. The van der Waals surface area contributed by atoms with Gasteiger partial charge < -0.3 is 9.30 Å². The van der Waals surface area contributed by atoms with E-state index >= 15 is 0 Å². The number of hydrogen-bond donors (Lipinski definition) is 0. The summed E-state index contributed by atoms with van der Waals surface area (Å²) < 4.78 is 8.12. The van der Waals surface area contributed by atoms with Crippen LogP contribution < -0.4 is 4.80 Å². The summed E-state index contributed by atoms with van der Waals surface area (Å²) >= 11 is 4.74. The zero-order valence-corrected chi connectivity index (χ0v) is 16.1. The molecule has 3 aromatic rings. The minimum atomic E-state index is -0.393. The first-order chi connectivity index (χ1) is 12.0. The summed E-state index contributed by atoms with van der Waals surface area (Å²) in [6, 6.07) is 13.0. The zero-order chi connectivity index (χ0) is 18.0. The van der Waals surface area contributed by atoms with E-state index < -0.39 is 5.97 Å². The third kappa shape index (κ3) is 3.72. The number of ether oxygens (including phenoxy) is 1. The van der Waals surface area contributed by atoms with Crippen LogP contribution in [0, 0.1) is 6.92 Å². The summed E-state index contributed by atoms with van der Waals surface area (Å²) in [5, 5.41) is 0. The Morgan fingerprint density at radius 2 is 2.00 bits per heavy atom. The molecule has 0 atom stereocenters. The molecular weight excluding hydrogens is 404 g/mol. The van der Waals surface area contributed by atoms with Crippen molar-refractivity contribution in [2.24, 2.45) is 4.99 Å². The van der Waals surface area contributed by atoms with Crippen molar-refractivity contribution in [1.29, 1.82) is 0 Å². The Morgan fingerprint density at radius 3 is 2.72 bits per heavy atom. The fourth-order valence-corrected chi connectivity index (χ4v) is 3.97. The number of halogens is 1. The number of aromatic nitrogens is 1. The van der Waals surface area contributed by atoms with Crippen LogP contribution in [0.2, 0.25) is 0 Å². The van der Waals surface area contributed by atoms with Crippen LogP contribution in [0.1, 0.15) is 15.9 Å². The number of benzene rings is 2. The second-order valence-electron chi connectivity index (χ2n) is 5.41. The van der Waals surface area contributed by atoms with Crippen LogP contribution >= 0.6 is 27.3 Å². The van der Waals surface area contributed by atoms with E-state index in [1.54, 1.807) is 22.8 Å². The zero-order valence-electron chi connectivity index (χ0n) is 13.7. The highest BCUT2D eigenvalue weighted by molar-refractivity contribution is 9.10. The molecule has 7 heteroatoms. The minimum Gasteiger partial charge on any atom is -0.468 e. The molecule has 0 radical (unpaired) electrons. The molecule has 128 valence electrons. The minimum absolute atomic E-state index is 0.00162. The smallest absolute Gasteiger partial charge is 0.325 e. The largest absolute Gasteiger partial charge is 0.468 e. The topological polar surface area (TPSA) is 60.7 Å². The molecule has 0 bridgehead atoms. The van der Waals surface area contributed by atoms with Gasteiger partial charge in [-0.25, -0.2) is 0 Å². The number of aryl methyl sites for hydroxylation is 1. The van der Waals surface area contributed by atoms with Crippen molar-refractivity contribution in [2.45, 2.75) is 13.5 Å². The van der Waals surface area contributed by atoms with Crippen LogP contribution in [-0.2, 0) is 16.1 Å². The van der Waals surface area contributed by atoms with E-state index in [4.69, 9.17) is 4.74 Å². The van der Waals surface area contributed by atoms with Gasteiger partial charge in [0, 0.05) is 4.47 Å². The van der Waals surface area contributed by atoms with Crippen LogP contribution in [-0.4, -0.2) is 23.6 Å². The average Bonchev–Trinajstić information content (AvgIpc) is 2.91. The molecule has 0 saturated heterocycles. The number of hydrogen-bond acceptors (Lipinski definition) is 4. The molecule has 3 rings (SSSR count). The van der Waals surface area contributed by atoms with Gasteiger partial charge in [-0.3, -0.25) is 9.59 Å². The molecule has 1 heterocycles. The number of nitrogens with zero attached hydrogens (tertiary/aromatic N) is 2. The molecule has 0 fully saturated rings. The lowest BCUT2D eigenvalue weighted by molar-refractivity contribution is -0.141. The molecule has 0 spiro atoms. The van der Waals surface area contributed by atoms with E-state index in [2.05, 4.69) is 20.9 Å². The van der Waals surface area contributed by atoms with Crippen molar-refractivity contribution in [1.82, 2.24) is 4.57 Å². The summed E-state index contributed by atoms with van der Waals surface area (Å²) in [6.07, 6.45) is 0. The van der Waals surface area contributed by atoms with E-state index in [0.717, 1.165) is 15.8 Å². The Hall–Kier alpha value is -2.25. The number of thiazole rings is 1. The summed E-state index contributed by atoms with van der Waals surface area (Å²) in [5.74, 6) is -0.760. The molecule has 0 aliphatic carbocycles. The van der Waals surface area contributed by atoms with Crippen molar-refractivity contribution < 1.29 is 14.3 Å². The summed E-state index contributed by atoms with van der Waals surface area (Å²) in [4.78, 5) is 29.1. The number of amides is 1. The maximum Gasteiger partial charge on any atom is 0.325 e. The van der Waals surface area contributed by atoms with Crippen molar-refractivity contribution in [3.63, 3.8) is 0 Å². The second kappa shape index (κ2) is 7.33. The monoisotopic (exact) mass is 418 g/mol. The van der Waals surface area contributed by atoms with E-state index in [1.807, 2.05) is 31.2 Å².